The van der Waals surface area contributed by atoms with Gasteiger partial charge in [-0.1, -0.05) is 23.7 Å². The number of amides is 2. The number of carbonyl (C=O) groups is 2. The molecule has 3 aromatic rings. The highest BCUT2D eigenvalue weighted by Gasteiger charge is 2.17. The van der Waals surface area contributed by atoms with Crippen molar-refractivity contribution in [3.05, 3.63) is 74.7 Å². The van der Waals surface area contributed by atoms with Gasteiger partial charge >= 0.3 is 0 Å². The van der Waals surface area contributed by atoms with Crippen molar-refractivity contribution in [2.45, 2.75) is 19.5 Å². The molecule has 31 heavy (non-hydrogen) atoms. The molecule has 9 heteroatoms. The number of thiazole rings is 1. The van der Waals surface area contributed by atoms with E-state index in [0.29, 0.717) is 27.0 Å². The summed E-state index contributed by atoms with van der Waals surface area (Å²) in [5.74, 6) is 0.0184. The maximum absolute atomic E-state index is 12.7. The summed E-state index contributed by atoms with van der Waals surface area (Å²) >= 11 is 7.58. The van der Waals surface area contributed by atoms with Crippen LogP contribution >= 0.6 is 22.9 Å². The standard InChI is InChI=1S/C22H21ClN4O3S/c1-30-18-6-5-15(10-16(18)23)20(28)25-11-13-3-2-4-14(9-13)21(29)27-22-26-17-7-8-24-12-19(17)31-22/h2-6,9-10,24H,7-8,11-12H2,1H3,(H,25,28)(H,26,27,29). The van der Waals surface area contributed by atoms with Gasteiger partial charge in [0.05, 0.1) is 17.8 Å². The molecule has 0 bridgehead atoms. The van der Waals surface area contributed by atoms with Crippen LogP contribution in [0.3, 0.4) is 0 Å². The summed E-state index contributed by atoms with van der Waals surface area (Å²) in [5.41, 5.74) is 2.80. The van der Waals surface area contributed by atoms with Crippen molar-refractivity contribution in [1.82, 2.24) is 15.6 Å². The second kappa shape index (κ2) is 9.47. The lowest BCUT2D eigenvalue weighted by atomic mass is 10.1. The van der Waals surface area contributed by atoms with Gasteiger partial charge in [-0.25, -0.2) is 4.98 Å². The third-order valence-electron chi connectivity index (χ3n) is 4.88. The average molecular weight is 457 g/mol. The third-order valence-corrected chi connectivity index (χ3v) is 6.19. The van der Waals surface area contributed by atoms with Gasteiger partial charge in [0, 0.05) is 42.1 Å². The fraction of sp³-hybridized carbons (Fsp3) is 0.227. The average Bonchev–Trinajstić information content (AvgIpc) is 3.19. The molecule has 0 saturated heterocycles. The highest BCUT2D eigenvalue weighted by atomic mass is 35.5. The van der Waals surface area contributed by atoms with Crippen LogP contribution in [0.1, 0.15) is 36.9 Å². The van der Waals surface area contributed by atoms with E-state index < -0.39 is 0 Å². The normalized spacial score (nSPS) is 12.7. The molecule has 0 spiro atoms. The molecular weight excluding hydrogens is 436 g/mol. The van der Waals surface area contributed by atoms with Crippen molar-refractivity contribution in [1.29, 1.82) is 0 Å². The molecule has 4 rings (SSSR count). The molecule has 0 aliphatic carbocycles. The first-order valence-corrected chi connectivity index (χ1v) is 10.9. The molecule has 0 saturated carbocycles. The van der Waals surface area contributed by atoms with E-state index in [2.05, 4.69) is 20.9 Å². The second-order valence-electron chi connectivity index (χ2n) is 7.00. The zero-order chi connectivity index (χ0) is 21.8. The summed E-state index contributed by atoms with van der Waals surface area (Å²) < 4.78 is 5.10. The third kappa shape index (κ3) is 5.04. The molecule has 1 aliphatic heterocycles. The van der Waals surface area contributed by atoms with Crippen LogP contribution in [0.4, 0.5) is 5.13 Å². The van der Waals surface area contributed by atoms with E-state index >= 15 is 0 Å². The van der Waals surface area contributed by atoms with Crippen LogP contribution in [0.2, 0.25) is 5.02 Å². The zero-order valence-electron chi connectivity index (χ0n) is 16.8. The molecule has 2 heterocycles. The van der Waals surface area contributed by atoms with E-state index in [9.17, 15) is 9.59 Å². The number of hydrogen-bond donors (Lipinski definition) is 3. The topological polar surface area (TPSA) is 92.3 Å². The molecule has 0 unspecified atom stereocenters. The quantitative estimate of drug-likeness (QED) is 0.526. The van der Waals surface area contributed by atoms with Gasteiger partial charge in [-0.15, -0.1) is 11.3 Å². The van der Waals surface area contributed by atoms with Crippen LogP contribution < -0.4 is 20.7 Å². The van der Waals surface area contributed by atoms with Crippen molar-refractivity contribution in [2.24, 2.45) is 0 Å². The molecule has 160 valence electrons. The van der Waals surface area contributed by atoms with Crippen LogP contribution in [0.15, 0.2) is 42.5 Å². The largest absolute Gasteiger partial charge is 0.495 e. The number of aromatic nitrogens is 1. The zero-order valence-corrected chi connectivity index (χ0v) is 18.4. The molecule has 1 aliphatic rings. The summed E-state index contributed by atoms with van der Waals surface area (Å²) in [5, 5.41) is 9.99. The minimum Gasteiger partial charge on any atom is -0.495 e. The molecule has 0 radical (unpaired) electrons. The predicted octanol–water partition coefficient (Wildman–Crippen LogP) is 3.63. The Morgan fingerprint density at radius 3 is 2.81 bits per heavy atom. The Morgan fingerprint density at radius 2 is 2.03 bits per heavy atom. The van der Waals surface area contributed by atoms with E-state index in [1.807, 2.05) is 6.07 Å². The van der Waals surface area contributed by atoms with Gasteiger partial charge in [-0.3, -0.25) is 14.9 Å². The summed E-state index contributed by atoms with van der Waals surface area (Å²) in [7, 11) is 1.52. The first-order valence-electron chi connectivity index (χ1n) is 9.75. The van der Waals surface area contributed by atoms with E-state index in [0.717, 1.165) is 35.6 Å². The molecule has 0 fully saturated rings. The Labute approximate surface area is 188 Å². The summed E-state index contributed by atoms with van der Waals surface area (Å²) in [6, 6.07) is 12.0. The Bertz CT molecular complexity index is 1110. The Balaban J connectivity index is 1.38. The van der Waals surface area contributed by atoms with Crippen LogP contribution in [-0.2, 0) is 19.5 Å². The number of nitrogens with one attached hydrogen (secondary N) is 3. The monoisotopic (exact) mass is 456 g/mol. The summed E-state index contributed by atoms with van der Waals surface area (Å²) in [6.07, 6.45) is 0.871. The lowest BCUT2D eigenvalue weighted by Crippen LogP contribution is -2.23. The molecular formula is C22H21ClN4O3S. The number of carbonyl (C=O) groups excluding carboxylic acids is 2. The molecule has 3 N–H and O–H groups in total. The van der Waals surface area contributed by atoms with E-state index in [4.69, 9.17) is 16.3 Å². The Morgan fingerprint density at radius 1 is 1.19 bits per heavy atom. The number of benzene rings is 2. The highest BCUT2D eigenvalue weighted by Crippen LogP contribution is 2.26. The van der Waals surface area contributed by atoms with Crippen LogP contribution in [0.5, 0.6) is 5.75 Å². The van der Waals surface area contributed by atoms with E-state index in [1.54, 1.807) is 36.4 Å². The van der Waals surface area contributed by atoms with Gasteiger partial charge < -0.3 is 15.4 Å². The van der Waals surface area contributed by atoms with Crippen molar-refractivity contribution in [3.63, 3.8) is 0 Å². The van der Waals surface area contributed by atoms with Crippen molar-refractivity contribution in [2.75, 3.05) is 19.0 Å². The minimum atomic E-state index is -0.263. The molecule has 2 aromatic carbocycles. The number of methoxy groups -OCH3 is 1. The number of hydrogen-bond acceptors (Lipinski definition) is 6. The number of ether oxygens (including phenoxy) is 1. The van der Waals surface area contributed by atoms with Crippen LogP contribution in [0.25, 0.3) is 0 Å². The fourth-order valence-corrected chi connectivity index (χ4v) is 4.49. The lowest BCUT2D eigenvalue weighted by molar-refractivity contribution is 0.0950. The van der Waals surface area contributed by atoms with Gasteiger partial charge in [0.15, 0.2) is 5.13 Å². The fourth-order valence-electron chi connectivity index (χ4n) is 3.26. The Hall–Kier alpha value is -2.94. The number of nitrogens with zero attached hydrogens (tertiary/aromatic N) is 1. The van der Waals surface area contributed by atoms with Gasteiger partial charge in [0.2, 0.25) is 0 Å². The minimum absolute atomic E-state index is 0.228. The van der Waals surface area contributed by atoms with Crippen LogP contribution in [0, 0.1) is 0 Å². The van der Waals surface area contributed by atoms with Gasteiger partial charge in [-0.2, -0.15) is 0 Å². The smallest absolute Gasteiger partial charge is 0.257 e. The predicted molar refractivity (Wildman–Crippen MR) is 121 cm³/mol. The van der Waals surface area contributed by atoms with Crippen molar-refractivity contribution < 1.29 is 14.3 Å². The molecule has 2 amide bonds. The van der Waals surface area contributed by atoms with Gasteiger partial charge in [0.1, 0.15) is 5.75 Å². The maximum atomic E-state index is 12.7. The molecule has 7 nitrogen and oxygen atoms in total. The number of halogens is 1. The SMILES string of the molecule is COc1ccc(C(=O)NCc2cccc(C(=O)Nc3nc4c(s3)CNCC4)c2)cc1Cl. The number of anilines is 1. The molecule has 0 atom stereocenters. The van der Waals surface area contributed by atoms with Crippen molar-refractivity contribution >= 4 is 39.9 Å². The first-order chi connectivity index (χ1) is 15.0. The lowest BCUT2D eigenvalue weighted by Gasteiger charge is -2.09. The number of rotatable bonds is 6. The van der Waals surface area contributed by atoms with Crippen LogP contribution in [-0.4, -0.2) is 30.5 Å². The van der Waals surface area contributed by atoms with Crippen molar-refractivity contribution in [3.8, 4) is 5.75 Å². The highest BCUT2D eigenvalue weighted by molar-refractivity contribution is 7.15. The van der Waals surface area contributed by atoms with E-state index in [1.165, 1.54) is 18.4 Å². The Kier molecular flexibility index (Phi) is 6.50. The first kappa shape index (κ1) is 21.3. The van der Waals surface area contributed by atoms with Gasteiger partial charge in [-0.05, 0) is 35.9 Å². The van der Waals surface area contributed by atoms with Gasteiger partial charge in [0.25, 0.3) is 11.8 Å². The van der Waals surface area contributed by atoms with E-state index in [-0.39, 0.29) is 18.4 Å². The maximum Gasteiger partial charge on any atom is 0.257 e. The molecule has 1 aromatic heterocycles. The summed E-state index contributed by atoms with van der Waals surface area (Å²) in [6.45, 7) is 1.97. The number of fused-ring (bicyclic) bond motifs is 1. The summed E-state index contributed by atoms with van der Waals surface area (Å²) in [4.78, 5) is 30.8. The second-order valence-corrected chi connectivity index (χ2v) is 8.49.